The zero-order chi connectivity index (χ0) is 36.1. The van der Waals surface area contributed by atoms with Crippen LogP contribution < -0.4 is 15.0 Å². The molecule has 2 amide bonds. The molecule has 2 saturated heterocycles. The number of likely N-dealkylation sites (tertiary alicyclic amines) is 1. The van der Waals surface area contributed by atoms with E-state index in [0.717, 1.165) is 55.1 Å². The minimum atomic E-state index is -0.644. The maximum Gasteiger partial charge on any atom is 0.219 e. The quantitative estimate of drug-likeness (QED) is 0.262. The average molecular weight is 736 g/mol. The highest BCUT2D eigenvalue weighted by atomic mass is 32.1. The molecular weight excluding hydrogens is 683 g/mol. The molecule has 52 heavy (non-hydrogen) atoms. The van der Waals surface area contributed by atoms with Crippen molar-refractivity contribution in [3.63, 3.8) is 0 Å². The molecule has 2 fully saturated rings. The summed E-state index contributed by atoms with van der Waals surface area (Å²) in [4.78, 5) is 54.4. The number of anilines is 2. The van der Waals surface area contributed by atoms with Gasteiger partial charge >= 0.3 is 0 Å². The number of nitrogens with one attached hydrogen (secondary N) is 1. The molecule has 14 heteroatoms. The van der Waals surface area contributed by atoms with Gasteiger partial charge in [0.25, 0.3) is 0 Å². The second kappa shape index (κ2) is 17.6. The number of aromatic nitrogens is 2. The highest BCUT2D eigenvalue weighted by molar-refractivity contribution is 7.59. The van der Waals surface area contributed by atoms with Gasteiger partial charge in [-0.3, -0.25) is 19.3 Å². The number of piperazine rings is 1. The van der Waals surface area contributed by atoms with Crippen LogP contribution in [0.15, 0.2) is 35.1 Å². The third-order valence-electron chi connectivity index (χ3n) is 10.6. The van der Waals surface area contributed by atoms with E-state index in [4.69, 9.17) is 14.1 Å². The van der Waals surface area contributed by atoms with E-state index in [-0.39, 0.29) is 43.6 Å². The Labute approximate surface area is 313 Å². The topological polar surface area (TPSA) is 145 Å². The fourth-order valence-corrected chi connectivity index (χ4v) is 7.34. The number of pyridine rings is 1. The maximum absolute atomic E-state index is 13.6. The Morgan fingerprint density at radius 2 is 1.71 bits per heavy atom. The molecule has 5 heterocycles. The molecule has 13 nitrogen and oxygen atoms in total. The molecule has 1 atom stereocenters. The molecule has 3 aliphatic rings. The number of carbonyl (C=O) groups excluding carboxylic acids is 3. The molecule has 6 rings (SSSR count). The third-order valence-corrected chi connectivity index (χ3v) is 10.6. The highest BCUT2D eigenvalue weighted by Gasteiger charge is 2.26. The summed E-state index contributed by atoms with van der Waals surface area (Å²) >= 11 is 0. The van der Waals surface area contributed by atoms with E-state index in [0.29, 0.717) is 76.0 Å². The number of ketones is 1. The number of fused-ring (bicyclic) bond motifs is 1. The Hall–Kier alpha value is -4.14. The van der Waals surface area contributed by atoms with Gasteiger partial charge in [-0.05, 0) is 74.4 Å². The van der Waals surface area contributed by atoms with E-state index >= 15 is 0 Å². The zero-order valence-corrected chi connectivity index (χ0v) is 31.8. The van der Waals surface area contributed by atoms with Crippen LogP contribution in [0.5, 0.6) is 5.75 Å². The molecular formula is C38H53N7O6S. The van der Waals surface area contributed by atoms with E-state index in [1.54, 1.807) is 13.8 Å². The molecule has 0 saturated carbocycles. The van der Waals surface area contributed by atoms with Gasteiger partial charge in [-0.2, -0.15) is 13.5 Å². The number of ether oxygens (including phenoxy) is 1. The first-order chi connectivity index (χ1) is 24.5. The van der Waals surface area contributed by atoms with Crippen molar-refractivity contribution in [1.29, 1.82) is 0 Å². The highest BCUT2D eigenvalue weighted by Crippen LogP contribution is 2.30. The fourth-order valence-electron chi connectivity index (χ4n) is 7.34. The molecule has 282 valence electrons. The van der Waals surface area contributed by atoms with E-state index in [9.17, 15) is 19.5 Å². The Kier molecular flexibility index (Phi) is 13.2. The number of β-amino-alcohol motifs (C(OH)–C–C–N with tert-alkyl or cyclic N) is 1. The van der Waals surface area contributed by atoms with E-state index < -0.39 is 6.10 Å². The molecule has 2 aromatic heterocycles. The van der Waals surface area contributed by atoms with Crippen LogP contribution in [-0.4, -0.2) is 112 Å². The molecule has 3 aromatic rings. The Morgan fingerprint density at radius 1 is 1.00 bits per heavy atom. The summed E-state index contributed by atoms with van der Waals surface area (Å²) < 4.78 is 11.5. The van der Waals surface area contributed by atoms with Crippen LogP contribution in [-0.2, 0) is 29.2 Å². The monoisotopic (exact) mass is 735 g/mol. The lowest BCUT2D eigenvalue weighted by atomic mass is 9.94. The number of oxazole rings is 1. The van der Waals surface area contributed by atoms with Crippen LogP contribution in [0.1, 0.15) is 78.0 Å². The predicted molar refractivity (Wildman–Crippen MR) is 203 cm³/mol. The first-order valence-electron chi connectivity index (χ1n) is 18.2. The van der Waals surface area contributed by atoms with Crippen molar-refractivity contribution >= 4 is 42.7 Å². The number of carbonyl (C=O) groups is 3. The molecule has 0 radical (unpaired) electrons. The number of Topliss-reactive ketones (excluding diaryl/α,β-unsaturated/α-hetero) is 1. The standard InChI is InChI=1S/C38H51N7O6.H2S/c1-25-33-11-12-42(21-29(33)5-8-35(25)50-23-36-26(2)39-24-51-36)22-32(48)6-7-34(49)30-19-37(40-31-9-13-43(14-10-31)27(3)46)41-38(20-30)45-17-15-44(16-18-45)28(4)47;/h5,8,19-20,24,31-32,48H,6-7,9-18,21-23H2,1-4H3,(H,40,41);1H2/t32-;/m0./s1. The minimum absolute atomic E-state index is 0. The number of aryl methyl sites for hydroxylation is 1. The molecule has 0 spiro atoms. The number of benzene rings is 1. The summed E-state index contributed by atoms with van der Waals surface area (Å²) in [6, 6.07) is 7.91. The number of hydrogen-bond donors (Lipinski definition) is 2. The zero-order valence-electron chi connectivity index (χ0n) is 30.8. The van der Waals surface area contributed by atoms with Crippen molar-refractivity contribution in [2.75, 3.05) is 62.6 Å². The summed E-state index contributed by atoms with van der Waals surface area (Å²) in [5, 5.41) is 14.6. The SMILES string of the molecule is CC(=O)N1CCC(Nc2cc(C(=O)CC[C@H](O)CN3CCc4c(ccc(OCc5ocnc5C)c4C)C3)cc(N3CCN(C(C)=O)CC3)n2)CC1.S. The molecule has 0 unspecified atom stereocenters. The van der Waals surface area contributed by atoms with Crippen molar-refractivity contribution in [3.05, 3.63) is 64.4 Å². The maximum atomic E-state index is 13.6. The fraction of sp³-hybridized carbons (Fsp3) is 0.553. The van der Waals surface area contributed by atoms with Crippen LogP contribution in [0.25, 0.3) is 0 Å². The lowest BCUT2D eigenvalue weighted by Crippen LogP contribution is -2.48. The number of amides is 2. The second-order valence-corrected chi connectivity index (χ2v) is 14.1. The van der Waals surface area contributed by atoms with Crippen molar-refractivity contribution in [2.45, 2.75) is 85.1 Å². The van der Waals surface area contributed by atoms with Crippen LogP contribution in [0.3, 0.4) is 0 Å². The molecule has 3 aliphatic heterocycles. The van der Waals surface area contributed by atoms with Gasteiger partial charge in [0.2, 0.25) is 11.8 Å². The van der Waals surface area contributed by atoms with Crippen molar-refractivity contribution in [2.24, 2.45) is 0 Å². The molecule has 1 aromatic carbocycles. The normalized spacial score (nSPS) is 17.3. The second-order valence-electron chi connectivity index (χ2n) is 14.1. The Morgan fingerprint density at radius 3 is 2.38 bits per heavy atom. The van der Waals surface area contributed by atoms with Crippen molar-refractivity contribution in [1.82, 2.24) is 24.7 Å². The van der Waals surface area contributed by atoms with Gasteiger partial charge in [0, 0.05) is 90.8 Å². The minimum Gasteiger partial charge on any atom is -0.485 e. The summed E-state index contributed by atoms with van der Waals surface area (Å²) in [5.41, 5.74) is 5.03. The molecule has 0 bridgehead atoms. The number of hydrogen-bond acceptors (Lipinski definition) is 11. The summed E-state index contributed by atoms with van der Waals surface area (Å²) in [5.74, 6) is 3.01. The van der Waals surface area contributed by atoms with Crippen LogP contribution in [0, 0.1) is 13.8 Å². The first-order valence-corrected chi connectivity index (χ1v) is 18.2. The smallest absolute Gasteiger partial charge is 0.219 e. The van der Waals surface area contributed by atoms with Crippen LogP contribution >= 0.6 is 13.5 Å². The summed E-state index contributed by atoms with van der Waals surface area (Å²) in [6.07, 6.45) is 3.82. The van der Waals surface area contributed by atoms with E-state index in [1.165, 1.54) is 17.5 Å². The van der Waals surface area contributed by atoms with Crippen molar-refractivity contribution < 1.29 is 28.6 Å². The number of rotatable bonds is 12. The average Bonchev–Trinajstić information content (AvgIpc) is 3.54. The lowest BCUT2D eigenvalue weighted by molar-refractivity contribution is -0.130. The van der Waals surface area contributed by atoms with Crippen LogP contribution in [0.4, 0.5) is 11.6 Å². The van der Waals surface area contributed by atoms with Gasteiger partial charge in [0.05, 0.1) is 11.8 Å². The van der Waals surface area contributed by atoms with Gasteiger partial charge in [-0.1, -0.05) is 6.07 Å². The largest absolute Gasteiger partial charge is 0.485 e. The lowest BCUT2D eigenvalue weighted by Gasteiger charge is -2.35. The van der Waals surface area contributed by atoms with Gasteiger partial charge < -0.3 is 34.3 Å². The third kappa shape index (κ3) is 9.64. The van der Waals surface area contributed by atoms with E-state index in [1.807, 2.05) is 34.9 Å². The Balaban J connectivity index is 0.00000523. The van der Waals surface area contributed by atoms with Crippen LogP contribution in [0.2, 0.25) is 0 Å². The summed E-state index contributed by atoms with van der Waals surface area (Å²) in [7, 11) is 0. The number of aliphatic hydroxyl groups excluding tert-OH is 1. The summed E-state index contributed by atoms with van der Waals surface area (Å²) in [6.45, 7) is 13.4. The Bertz CT molecular complexity index is 1720. The predicted octanol–water partition coefficient (Wildman–Crippen LogP) is 3.85. The number of nitrogens with zero attached hydrogens (tertiary/aromatic N) is 6. The molecule has 2 N–H and O–H groups in total. The van der Waals surface area contributed by atoms with Gasteiger partial charge in [0.15, 0.2) is 17.9 Å². The number of aliphatic hydroxyl groups is 1. The number of piperidine rings is 1. The van der Waals surface area contributed by atoms with Crippen molar-refractivity contribution in [3.8, 4) is 5.75 Å². The first kappa shape index (κ1) is 39.1. The van der Waals surface area contributed by atoms with Gasteiger partial charge in [-0.15, -0.1) is 0 Å². The van der Waals surface area contributed by atoms with E-state index in [2.05, 4.69) is 33.1 Å². The van der Waals surface area contributed by atoms with Gasteiger partial charge in [-0.25, -0.2) is 9.97 Å². The van der Waals surface area contributed by atoms with Gasteiger partial charge in [0.1, 0.15) is 24.0 Å². The molecule has 0 aliphatic carbocycles.